The van der Waals surface area contributed by atoms with Crippen LogP contribution in [0.5, 0.6) is 0 Å². The highest BCUT2D eigenvalue weighted by atomic mass is 35.5. The van der Waals surface area contributed by atoms with Gasteiger partial charge in [0.1, 0.15) is 11.7 Å². The molecule has 0 bridgehead atoms. The number of halogens is 1. The van der Waals surface area contributed by atoms with Gasteiger partial charge in [-0.25, -0.2) is 0 Å². The molecule has 2 aliphatic heterocycles. The lowest BCUT2D eigenvalue weighted by atomic mass is 9.75. The minimum Gasteiger partial charge on any atom is -0.381 e. The molecule has 2 N–H and O–H groups in total. The second-order valence-corrected chi connectivity index (χ2v) is 12.1. The Morgan fingerprint density at radius 2 is 1.78 bits per heavy atom. The first-order valence-corrected chi connectivity index (χ1v) is 14.4. The molecule has 1 aromatic heterocycles. The van der Waals surface area contributed by atoms with E-state index in [9.17, 15) is 14.4 Å². The molecule has 3 aromatic rings. The Labute approximate surface area is 244 Å². The number of nitrogens with zero attached hydrogens (tertiary/aromatic N) is 3. The molecular formula is C31H34ClN5O4. The topological polar surface area (TPSA) is 106 Å². The molecule has 3 heterocycles. The summed E-state index contributed by atoms with van der Waals surface area (Å²) in [5.74, 6) is -1.06. The number of carbonyl (C=O) groups excluding carboxylic acids is 3. The van der Waals surface area contributed by atoms with E-state index in [1.807, 2.05) is 42.5 Å². The summed E-state index contributed by atoms with van der Waals surface area (Å²) in [4.78, 5) is 42.6. The minimum absolute atomic E-state index is 0.0565. The zero-order chi connectivity index (χ0) is 28.9. The maximum atomic E-state index is 14.2. The van der Waals surface area contributed by atoms with Crippen LogP contribution < -0.4 is 15.5 Å². The Balaban J connectivity index is 1.35. The number of likely N-dealkylation sites (N-methyl/N-ethyl adjacent to an activating group) is 1. The Morgan fingerprint density at radius 1 is 1.05 bits per heavy atom. The summed E-state index contributed by atoms with van der Waals surface area (Å²) in [6.45, 7) is 3.20. The highest BCUT2D eigenvalue weighted by Gasteiger charge is 2.52. The van der Waals surface area contributed by atoms with Crippen LogP contribution in [0.2, 0.25) is 5.02 Å². The number of anilines is 2. The molecule has 3 amide bonds. The van der Waals surface area contributed by atoms with E-state index in [4.69, 9.17) is 16.3 Å². The monoisotopic (exact) mass is 575 g/mol. The number of hydrogen-bond acceptors (Lipinski definition) is 5. The summed E-state index contributed by atoms with van der Waals surface area (Å²) in [6.07, 6.45) is 4.63. The molecule has 1 spiro atoms. The number of amides is 3. The highest BCUT2D eigenvalue weighted by molar-refractivity contribution is 6.31. The van der Waals surface area contributed by atoms with E-state index >= 15 is 0 Å². The molecule has 2 aromatic carbocycles. The molecule has 0 unspecified atom stereocenters. The molecule has 3 aliphatic rings. The molecular weight excluding hydrogens is 542 g/mol. The maximum Gasteiger partial charge on any atom is 0.270 e. The van der Waals surface area contributed by atoms with Crippen LogP contribution in [0.25, 0.3) is 0 Å². The summed E-state index contributed by atoms with van der Waals surface area (Å²) in [7, 11) is 3.46. The van der Waals surface area contributed by atoms with Crippen LogP contribution in [0.1, 0.15) is 60.1 Å². The zero-order valence-corrected chi connectivity index (χ0v) is 24.2. The van der Waals surface area contributed by atoms with Crippen molar-refractivity contribution < 1.29 is 19.1 Å². The van der Waals surface area contributed by atoms with Crippen molar-refractivity contribution in [2.75, 3.05) is 30.5 Å². The number of hydrogen-bond donors (Lipinski definition) is 2. The second kappa shape index (κ2) is 10.3. The molecule has 9 nitrogen and oxygen atoms in total. The summed E-state index contributed by atoms with van der Waals surface area (Å²) in [5, 5.41) is 10.7. The van der Waals surface area contributed by atoms with Crippen molar-refractivity contribution in [1.29, 1.82) is 0 Å². The van der Waals surface area contributed by atoms with Crippen molar-refractivity contribution >= 4 is 40.7 Å². The van der Waals surface area contributed by atoms with Crippen molar-refractivity contribution in [2.45, 2.75) is 50.0 Å². The quantitative estimate of drug-likeness (QED) is 0.434. The fourth-order valence-electron chi connectivity index (χ4n) is 6.57. The van der Waals surface area contributed by atoms with E-state index in [1.165, 1.54) is 4.68 Å². The fourth-order valence-corrected chi connectivity index (χ4v) is 6.82. The normalized spacial score (nSPS) is 19.9. The van der Waals surface area contributed by atoms with Gasteiger partial charge in [0.2, 0.25) is 11.8 Å². The van der Waals surface area contributed by atoms with Gasteiger partial charge < -0.3 is 20.3 Å². The first-order valence-electron chi connectivity index (χ1n) is 14.0. The van der Waals surface area contributed by atoms with Gasteiger partial charge in [0.15, 0.2) is 0 Å². The van der Waals surface area contributed by atoms with Gasteiger partial charge in [0.25, 0.3) is 5.91 Å². The Morgan fingerprint density at radius 3 is 2.44 bits per heavy atom. The van der Waals surface area contributed by atoms with Gasteiger partial charge >= 0.3 is 0 Å². The van der Waals surface area contributed by atoms with Gasteiger partial charge in [-0.3, -0.25) is 19.1 Å². The van der Waals surface area contributed by atoms with Crippen LogP contribution in [0, 0.1) is 5.41 Å². The number of nitrogens with one attached hydrogen (secondary N) is 2. The Kier molecular flexibility index (Phi) is 6.90. The number of carbonyl (C=O) groups is 3. The standard InChI is InChI=1S/C31H34ClN5O4/c1-30(11-12-30)25(20-6-4-5-7-22(20)32)26(35-27(38)23-10-15-33-37(23)3)28(39)34-19-8-9-21-24(18-19)36(2)29(40)31(21)13-16-41-17-14-31/h4-10,15,18,25-26H,11-14,16-17H2,1-3H3,(H,34,39)(H,35,38)/t25-,26-/m0/s1. The van der Waals surface area contributed by atoms with E-state index in [2.05, 4.69) is 22.7 Å². The van der Waals surface area contributed by atoms with Crippen LogP contribution in [0.4, 0.5) is 11.4 Å². The van der Waals surface area contributed by atoms with E-state index < -0.39 is 17.4 Å². The maximum absolute atomic E-state index is 14.2. The predicted octanol–water partition coefficient (Wildman–Crippen LogP) is 4.42. The lowest BCUT2D eigenvalue weighted by Gasteiger charge is -2.33. The van der Waals surface area contributed by atoms with Crippen molar-refractivity contribution in [2.24, 2.45) is 12.5 Å². The molecule has 214 valence electrons. The second-order valence-electron chi connectivity index (χ2n) is 11.7. The first kappa shape index (κ1) is 27.5. The summed E-state index contributed by atoms with van der Waals surface area (Å²) < 4.78 is 7.03. The van der Waals surface area contributed by atoms with Crippen LogP contribution in [-0.4, -0.2) is 53.8 Å². The lowest BCUT2D eigenvalue weighted by Crippen LogP contribution is -2.50. The molecule has 6 rings (SSSR count). The predicted molar refractivity (Wildman–Crippen MR) is 156 cm³/mol. The van der Waals surface area contributed by atoms with Crippen molar-refractivity contribution in [3.63, 3.8) is 0 Å². The van der Waals surface area contributed by atoms with E-state index in [0.717, 1.165) is 29.7 Å². The molecule has 1 saturated carbocycles. The number of benzene rings is 2. The molecule has 0 radical (unpaired) electrons. The Hall–Kier alpha value is -3.69. The summed E-state index contributed by atoms with van der Waals surface area (Å²) >= 11 is 6.68. The van der Waals surface area contributed by atoms with Crippen LogP contribution in [0.15, 0.2) is 54.7 Å². The average molecular weight is 576 g/mol. The third-order valence-corrected chi connectivity index (χ3v) is 9.53. The molecule has 10 heteroatoms. The highest BCUT2D eigenvalue weighted by Crippen LogP contribution is 2.58. The molecule has 41 heavy (non-hydrogen) atoms. The number of aromatic nitrogens is 2. The minimum atomic E-state index is -0.917. The molecule has 2 fully saturated rings. The molecule has 1 saturated heterocycles. The number of fused-ring (bicyclic) bond motifs is 2. The van der Waals surface area contributed by atoms with Crippen LogP contribution in [0.3, 0.4) is 0 Å². The zero-order valence-electron chi connectivity index (χ0n) is 23.4. The number of ether oxygens (including phenoxy) is 1. The average Bonchev–Trinajstić information content (AvgIpc) is 3.50. The number of aryl methyl sites for hydroxylation is 1. The summed E-state index contributed by atoms with van der Waals surface area (Å²) in [6, 6.07) is 13.8. The van der Waals surface area contributed by atoms with Gasteiger partial charge in [-0.1, -0.05) is 42.8 Å². The van der Waals surface area contributed by atoms with Gasteiger partial charge in [-0.15, -0.1) is 0 Å². The lowest BCUT2D eigenvalue weighted by molar-refractivity contribution is -0.126. The van der Waals surface area contributed by atoms with E-state index in [-0.39, 0.29) is 23.1 Å². The van der Waals surface area contributed by atoms with Gasteiger partial charge in [-0.05, 0) is 66.5 Å². The third-order valence-electron chi connectivity index (χ3n) is 9.19. The first-order chi connectivity index (χ1) is 19.6. The molecule has 1 aliphatic carbocycles. The van der Waals surface area contributed by atoms with Gasteiger partial charge in [-0.2, -0.15) is 5.10 Å². The SMILES string of the molecule is CN1C(=O)C2(CCOCC2)c2ccc(NC(=O)[C@@H](NC(=O)c3ccnn3C)[C@H](c3ccccc3Cl)C3(C)CC3)cc21. The summed E-state index contributed by atoms with van der Waals surface area (Å²) in [5.41, 5.74) is 2.67. The third kappa shape index (κ3) is 4.71. The van der Waals surface area contributed by atoms with E-state index in [0.29, 0.717) is 42.5 Å². The smallest absolute Gasteiger partial charge is 0.270 e. The van der Waals surface area contributed by atoms with E-state index in [1.54, 1.807) is 31.3 Å². The number of rotatable bonds is 7. The van der Waals surface area contributed by atoms with Gasteiger partial charge in [0.05, 0.1) is 5.41 Å². The van der Waals surface area contributed by atoms with Crippen LogP contribution >= 0.6 is 11.6 Å². The molecule has 2 atom stereocenters. The Bertz CT molecular complexity index is 1520. The largest absolute Gasteiger partial charge is 0.381 e. The fraction of sp³-hybridized carbons (Fsp3) is 0.419. The van der Waals surface area contributed by atoms with Crippen molar-refractivity contribution in [3.05, 3.63) is 76.6 Å². The van der Waals surface area contributed by atoms with Crippen molar-refractivity contribution in [3.8, 4) is 0 Å². The van der Waals surface area contributed by atoms with Gasteiger partial charge in [0, 0.05) is 55.8 Å². The van der Waals surface area contributed by atoms with Crippen molar-refractivity contribution in [1.82, 2.24) is 15.1 Å². The van der Waals surface area contributed by atoms with Crippen LogP contribution in [-0.2, 0) is 26.8 Å².